The first-order valence-corrected chi connectivity index (χ1v) is 6.07. The van der Waals surface area contributed by atoms with E-state index in [4.69, 9.17) is 5.73 Å². The molecule has 1 aromatic carbocycles. The Kier molecular flexibility index (Phi) is 3.64. The number of nitrogens with one attached hydrogen (secondary N) is 2. The minimum atomic E-state index is 0.0779. The number of hydrogen-bond acceptors (Lipinski definition) is 3. The molecule has 1 aliphatic rings. The minimum Gasteiger partial charge on any atom is -0.385 e. The zero-order chi connectivity index (χ0) is 12.3. The molecule has 0 saturated carbocycles. The molecule has 4 nitrogen and oxygen atoms in total. The fraction of sp³-hybridized carbons (Fsp3) is 0.462. The van der Waals surface area contributed by atoms with Crippen LogP contribution in [0.25, 0.3) is 0 Å². The number of benzene rings is 1. The van der Waals surface area contributed by atoms with E-state index in [1.807, 2.05) is 25.1 Å². The first kappa shape index (κ1) is 11.9. The standard InChI is InChI=1S/C13H19N3O/c1-9(14)3-2-6-15-11-4-5-12-10(7-11)8-13(17)16-12/h4-5,7,9,15H,2-3,6,8,14H2,1H3,(H,16,17). The van der Waals surface area contributed by atoms with Crippen molar-refractivity contribution in [3.8, 4) is 0 Å². The lowest BCUT2D eigenvalue weighted by molar-refractivity contribution is -0.115. The summed E-state index contributed by atoms with van der Waals surface area (Å²) in [5.74, 6) is 0.0779. The normalized spacial score (nSPS) is 15.3. The highest BCUT2D eigenvalue weighted by atomic mass is 16.1. The number of rotatable bonds is 5. The van der Waals surface area contributed by atoms with Gasteiger partial charge in [-0.2, -0.15) is 0 Å². The molecule has 1 aliphatic heterocycles. The van der Waals surface area contributed by atoms with E-state index in [2.05, 4.69) is 10.6 Å². The number of nitrogens with two attached hydrogens (primary N) is 1. The van der Waals surface area contributed by atoms with Crippen molar-refractivity contribution in [2.45, 2.75) is 32.2 Å². The summed E-state index contributed by atoms with van der Waals surface area (Å²) in [5.41, 5.74) is 8.78. The molecular formula is C13H19N3O. The van der Waals surface area contributed by atoms with Crippen LogP contribution >= 0.6 is 0 Å². The van der Waals surface area contributed by atoms with E-state index >= 15 is 0 Å². The number of hydrogen-bond donors (Lipinski definition) is 3. The highest BCUT2D eigenvalue weighted by Crippen LogP contribution is 2.25. The molecule has 0 fully saturated rings. The van der Waals surface area contributed by atoms with Crippen LogP contribution in [0.1, 0.15) is 25.3 Å². The lowest BCUT2D eigenvalue weighted by Crippen LogP contribution is -2.16. The average molecular weight is 233 g/mol. The SMILES string of the molecule is CC(N)CCCNc1ccc2c(c1)CC(=O)N2. The van der Waals surface area contributed by atoms with E-state index in [0.29, 0.717) is 6.42 Å². The monoisotopic (exact) mass is 233 g/mol. The summed E-state index contributed by atoms with van der Waals surface area (Å²) in [6.07, 6.45) is 2.58. The zero-order valence-corrected chi connectivity index (χ0v) is 10.1. The van der Waals surface area contributed by atoms with Crippen LogP contribution in [0.15, 0.2) is 18.2 Å². The van der Waals surface area contributed by atoms with Gasteiger partial charge in [0.2, 0.25) is 5.91 Å². The van der Waals surface area contributed by atoms with Gasteiger partial charge in [0.25, 0.3) is 0 Å². The Morgan fingerprint density at radius 1 is 1.53 bits per heavy atom. The maximum atomic E-state index is 11.2. The van der Waals surface area contributed by atoms with Crippen LogP contribution in [-0.2, 0) is 11.2 Å². The van der Waals surface area contributed by atoms with E-state index < -0.39 is 0 Å². The van der Waals surface area contributed by atoms with Gasteiger partial charge in [-0.1, -0.05) is 0 Å². The molecule has 92 valence electrons. The third kappa shape index (κ3) is 3.20. The van der Waals surface area contributed by atoms with Gasteiger partial charge in [-0.3, -0.25) is 4.79 Å². The predicted molar refractivity (Wildman–Crippen MR) is 70.1 cm³/mol. The van der Waals surface area contributed by atoms with Crippen LogP contribution in [0.4, 0.5) is 11.4 Å². The molecule has 1 aromatic rings. The lowest BCUT2D eigenvalue weighted by atomic mass is 10.1. The molecule has 2 rings (SSSR count). The highest BCUT2D eigenvalue weighted by Gasteiger charge is 2.17. The van der Waals surface area contributed by atoms with Crippen molar-refractivity contribution >= 4 is 17.3 Å². The molecule has 0 radical (unpaired) electrons. The van der Waals surface area contributed by atoms with Gasteiger partial charge in [-0.25, -0.2) is 0 Å². The molecule has 17 heavy (non-hydrogen) atoms. The third-order valence-electron chi connectivity index (χ3n) is 2.90. The minimum absolute atomic E-state index is 0.0779. The Bertz CT molecular complexity index is 415. The maximum absolute atomic E-state index is 11.2. The van der Waals surface area contributed by atoms with Gasteiger partial charge in [-0.05, 0) is 43.5 Å². The van der Waals surface area contributed by atoms with Crippen molar-refractivity contribution in [3.05, 3.63) is 23.8 Å². The van der Waals surface area contributed by atoms with E-state index in [-0.39, 0.29) is 11.9 Å². The summed E-state index contributed by atoms with van der Waals surface area (Å²) in [6.45, 7) is 2.94. The summed E-state index contributed by atoms with van der Waals surface area (Å²) >= 11 is 0. The van der Waals surface area contributed by atoms with Crippen LogP contribution in [0, 0.1) is 0 Å². The van der Waals surface area contributed by atoms with Crippen LogP contribution < -0.4 is 16.4 Å². The number of carbonyl (C=O) groups is 1. The highest BCUT2D eigenvalue weighted by molar-refractivity contribution is 5.99. The van der Waals surface area contributed by atoms with Crippen molar-refractivity contribution in [2.24, 2.45) is 5.73 Å². The second-order valence-electron chi connectivity index (χ2n) is 4.64. The van der Waals surface area contributed by atoms with E-state index in [1.165, 1.54) is 0 Å². The number of anilines is 2. The van der Waals surface area contributed by atoms with Gasteiger partial charge in [0.1, 0.15) is 0 Å². The number of fused-ring (bicyclic) bond motifs is 1. The molecule has 4 N–H and O–H groups in total. The Hall–Kier alpha value is -1.55. The largest absolute Gasteiger partial charge is 0.385 e. The molecule has 1 amide bonds. The second kappa shape index (κ2) is 5.19. The van der Waals surface area contributed by atoms with Crippen molar-refractivity contribution in [3.63, 3.8) is 0 Å². The van der Waals surface area contributed by atoms with E-state index in [0.717, 1.165) is 36.3 Å². The second-order valence-corrected chi connectivity index (χ2v) is 4.64. The molecular weight excluding hydrogens is 214 g/mol. The van der Waals surface area contributed by atoms with Gasteiger partial charge >= 0.3 is 0 Å². The van der Waals surface area contributed by atoms with E-state index in [9.17, 15) is 4.79 Å². The van der Waals surface area contributed by atoms with Crippen molar-refractivity contribution < 1.29 is 4.79 Å². The number of amides is 1. The van der Waals surface area contributed by atoms with Crippen molar-refractivity contribution in [1.29, 1.82) is 0 Å². The van der Waals surface area contributed by atoms with Gasteiger partial charge in [0.05, 0.1) is 6.42 Å². The Labute approximate surface area is 102 Å². The predicted octanol–water partition coefficient (Wildman–Crippen LogP) is 1.72. The summed E-state index contributed by atoms with van der Waals surface area (Å²) in [5, 5.41) is 6.17. The third-order valence-corrected chi connectivity index (χ3v) is 2.90. The van der Waals surface area contributed by atoms with Crippen LogP contribution in [-0.4, -0.2) is 18.5 Å². The van der Waals surface area contributed by atoms with Gasteiger partial charge in [0.15, 0.2) is 0 Å². The van der Waals surface area contributed by atoms with Crippen LogP contribution in [0.2, 0.25) is 0 Å². The fourth-order valence-corrected chi connectivity index (χ4v) is 2.00. The molecule has 4 heteroatoms. The lowest BCUT2D eigenvalue weighted by Gasteiger charge is -2.09. The molecule has 1 heterocycles. The van der Waals surface area contributed by atoms with Gasteiger partial charge in [-0.15, -0.1) is 0 Å². The fourth-order valence-electron chi connectivity index (χ4n) is 2.00. The molecule has 0 spiro atoms. The summed E-state index contributed by atoms with van der Waals surface area (Å²) in [6, 6.07) is 6.25. The summed E-state index contributed by atoms with van der Waals surface area (Å²) in [4.78, 5) is 11.2. The van der Waals surface area contributed by atoms with E-state index in [1.54, 1.807) is 0 Å². The van der Waals surface area contributed by atoms with Crippen LogP contribution in [0.3, 0.4) is 0 Å². The summed E-state index contributed by atoms with van der Waals surface area (Å²) in [7, 11) is 0. The van der Waals surface area contributed by atoms with Crippen molar-refractivity contribution in [1.82, 2.24) is 0 Å². The first-order chi connectivity index (χ1) is 8.15. The molecule has 1 unspecified atom stereocenters. The Balaban J connectivity index is 1.86. The quantitative estimate of drug-likeness (QED) is 0.678. The zero-order valence-electron chi connectivity index (χ0n) is 10.1. The Morgan fingerprint density at radius 3 is 3.12 bits per heavy atom. The molecule has 0 bridgehead atoms. The maximum Gasteiger partial charge on any atom is 0.228 e. The molecule has 1 atom stereocenters. The number of carbonyl (C=O) groups excluding carboxylic acids is 1. The molecule has 0 aromatic heterocycles. The summed E-state index contributed by atoms with van der Waals surface area (Å²) < 4.78 is 0. The van der Waals surface area contributed by atoms with Gasteiger partial charge in [0, 0.05) is 24.0 Å². The average Bonchev–Trinajstić information content (AvgIpc) is 2.63. The smallest absolute Gasteiger partial charge is 0.228 e. The molecule has 0 aliphatic carbocycles. The first-order valence-electron chi connectivity index (χ1n) is 6.07. The Morgan fingerprint density at radius 2 is 2.35 bits per heavy atom. The van der Waals surface area contributed by atoms with Gasteiger partial charge < -0.3 is 16.4 Å². The van der Waals surface area contributed by atoms with Crippen molar-refractivity contribution in [2.75, 3.05) is 17.2 Å². The molecule has 0 saturated heterocycles. The topological polar surface area (TPSA) is 67.1 Å². The van der Waals surface area contributed by atoms with Crippen LogP contribution in [0.5, 0.6) is 0 Å².